The van der Waals surface area contributed by atoms with Gasteiger partial charge < -0.3 is 20.0 Å². The first kappa shape index (κ1) is 19.4. The molecule has 2 heterocycles. The maximum Gasteiger partial charge on any atom is 0.291 e. The lowest BCUT2D eigenvalue weighted by Crippen LogP contribution is -2.23. The zero-order chi connectivity index (χ0) is 20.9. The van der Waals surface area contributed by atoms with Gasteiger partial charge in [-0.1, -0.05) is 18.2 Å². The summed E-state index contributed by atoms with van der Waals surface area (Å²) in [4.78, 5) is 38.2. The van der Waals surface area contributed by atoms with Gasteiger partial charge in [0.25, 0.3) is 11.8 Å². The van der Waals surface area contributed by atoms with Gasteiger partial charge in [0, 0.05) is 36.4 Å². The summed E-state index contributed by atoms with van der Waals surface area (Å²) in [5.74, 6) is -0.236. The van der Waals surface area contributed by atoms with Gasteiger partial charge in [0.1, 0.15) is 0 Å². The van der Waals surface area contributed by atoms with E-state index in [1.807, 2.05) is 17.0 Å². The van der Waals surface area contributed by atoms with Crippen LogP contribution in [0.4, 0.5) is 11.4 Å². The third kappa shape index (κ3) is 4.57. The number of nitrogens with one attached hydrogen (secondary N) is 2. The largest absolute Gasteiger partial charge is 0.459 e. The molecule has 7 nitrogen and oxygen atoms in total. The van der Waals surface area contributed by atoms with E-state index in [2.05, 4.69) is 10.6 Å². The summed E-state index contributed by atoms with van der Waals surface area (Å²) in [5.41, 5.74) is 2.60. The second-order valence-corrected chi connectivity index (χ2v) is 7.08. The maximum absolute atomic E-state index is 12.6. The molecule has 0 bridgehead atoms. The Balaban J connectivity index is 1.37. The van der Waals surface area contributed by atoms with Crippen LogP contribution >= 0.6 is 0 Å². The lowest BCUT2D eigenvalue weighted by atomic mass is 10.1. The molecule has 4 rings (SSSR count). The quantitative estimate of drug-likeness (QED) is 0.653. The lowest BCUT2D eigenvalue weighted by Gasteiger charge is -2.15. The van der Waals surface area contributed by atoms with Crippen molar-refractivity contribution in [3.63, 3.8) is 0 Å². The molecule has 0 spiro atoms. The van der Waals surface area contributed by atoms with Gasteiger partial charge in [0.15, 0.2) is 5.76 Å². The van der Waals surface area contributed by atoms with Gasteiger partial charge in [0.2, 0.25) is 5.91 Å². The predicted octanol–water partition coefficient (Wildman–Crippen LogP) is 3.91. The van der Waals surface area contributed by atoms with E-state index in [0.717, 1.165) is 18.5 Å². The molecule has 0 radical (unpaired) electrons. The van der Waals surface area contributed by atoms with Crippen molar-refractivity contribution in [3.8, 4) is 0 Å². The second-order valence-electron chi connectivity index (χ2n) is 7.08. The fourth-order valence-corrected chi connectivity index (χ4v) is 3.33. The average molecular weight is 403 g/mol. The summed E-state index contributed by atoms with van der Waals surface area (Å²) >= 11 is 0. The molecule has 3 aromatic rings. The summed E-state index contributed by atoms with van der Waals surface area (Å²) in [7, 11) is 0. The molecule has 1 fully saturated rings. The van der Waals surface area contributed by atoms with Crippen LogP contribution < -0.4 is 10.6 Å². The zero-order valence-electron chi connectivity index (χ0n) is 16.3. The fraction of sp³-hybridized carbons (Fsp3) is 0.174. The molecule has 3 amide bonds. The number of amides is 3. The van der Waals surface area contributed by atoms with E-state index in [1.165, 1.54) is 6.26 Å². The number of likely N-dealkylation sites (tertiary alicyclic amines) is 1. The van der Waals surface area contributed by atoms with Crippen molar-refractivity contribution in [2.45, 2.75) is 19.4 Å². The van der Waals surface area contributed by atoms with E-state index in [4.69, 9.17) is 4.42 Å². The van der Waals surface area contributed by atoms with E-state index in [9.17, 15) is 14.4 Å². The minimum atomic E-state index is -0.365. The zero-order valence-corrected chi connectivity index (χ0v) is 16.3. The molecule has 1 aliphatic heterocycles. The Kier molecular flexibility index (Phi) is 5.61. The number of furan rings is 1. The Bertz CT molecular complexity index is 1060. The molecule has 0 saturated carbocycles. The fourth-order valence-electron chi connectivity index (χ4n) is 3.33. The Morgan fingerprint density at radius 1 is 0.933 bits per heavy atom. The van der Waals surface area contributed by atoms with Crippen molar-refractivity contribution in [2.75, 3.05) is 17.2 Å². The molecule has 2 aromatic carbocycles. The summed E-state index contributed by atoms with van der Waals surface area (Å²) in [6.07, 6.45) is 2.95. The van der Waals surface area contributed by atoms with Crippen LogP contribution in [0.3, 0.4) is 0 Å². The van der Waals surface area contributed by atoms with Crippen molar-refractivity contribution in [1.29, 1.82) is 0 Å². The standard InChI is InChI=1S/C23H21N3O4/c27-21-7-2-12-26(21)15-16-8-10-17(11-9-16)22(28)24-18-4-1-5-19(14-18)25-23(29)20-6-3-13-30-20/h1,3-6,8-11,13-14H,2,7,12,15H2,(H,24,28)(H,25,29). The van der Waals surface area contributed by atoms with Crippen LogP contribution in [0.2, 0.25) is 0 Å². The van der Waals surface area contributed by atoms with Gasteiger partial charge >= 0.3 is 0 Å². The number of hydrogen-bond acceptors (Lipinski definition) is 4. The number of benzene rings is 2. The first-order chi connectivity index (χ1) is 14.6. The number of nitrogens with zero attached hydrogens (tertiary/aromatic N) is 1. The third-order valence-electron chi connectivity index (χ3n) is 4.88. The van der Waals surface area contributed by atoms with Gasteiger partial charge in [-0.05, 0) is 54.4 Å². The van der Waals surface area contributed by atoms with E-state index in [0.29, 0.717) is 29.9 Å². The highest BCUT2D eigenvalue weighted by molar-refractivity contribution is 6.05. The minimum absolute atomic E-state index is 0.177. The number of anilines is 2. The Morgan fingerprint density at radius 3 is 2.30 bits per heavy atom. The molecule has 30 heavy (non-hydrogen) atoms. The molecular formula is C23H21N3O4. The molecular weight excluding hydrogens is 382 g/mol. The van der Waals surface area contributed by atoms with E-state index >= 15 is 0 Å². The second kappa shape index (κ2) is 8.65. The summed E-state index contributed by atoms with van der Waals surface area (Å²) < 4.78 is 5.07. The van der Waals surface area contributed by atoms with Gasteiger partial charge in [-0.25, -0.2) is 0 Å². The lowest BCUT2D eigenvalue weighted by molar-refractivity contribution is -0.128. The van der Waals surface area contributed by atoms with Gasteiger partial charge in [-0.3, -0.25) is 14.4 Å². The van der Waals surface area contributed by atoms with E-state index in [1.54, 1.807) is 48.5 Å². The van der Waals surface area contributed by atoms with Crippen LogP contribution in [0.1, 0.15) is 39.3 Å². The number of hydrogen-bond donors (Lipinski definition) is 2. The maximum atomic E-state index is 12.6. The molecule has 1 aliphatic rings. The van der Waals surface area contributed by atoms with Crippen LogP contribution in [0.15, 0.2) is 71.3 Å². The molecule has 2 N–H and O–H groups in total. The third-order valence-corrected chi connectivity index (χ3v) is 4.88. The summed E-state index contributed by atoms with van der Waals surface area (Å²) in [5, 5.41) is 5.55. The van der Waals surface area contributed by atoms with Crippen LogP contribution in [0.25, 0.3) is 0 Å². The van der Waals surface area contributed by atoms with Crippen molar-refractivity contribution in [2.24, 2.45) is 0 Å². The highest BCUT2D eigenvalue weighted by atomic mass is 16.3. The van der Waals surface area contributed by atoms with Gasteiger partial charge in [-0.2, -0.15) is 0 Å². The van der Waals surface area contributed by atoms with Crippen LogP contribution in [-0.2, 0) is 11.3 Å². The van der Waals surface area contributed by atoms with Crippen molar-refractivity contribution >= 4 is 29.1 Å². The van der Waals surface area contributed by atoms with Crippen LogP contribution in [0, 0.1) is 0 Å². The van der Waals surface area contributed by atoms with E-state index in [-0.39, 0.29) is 23.5 Å². The smallest absolute Gasteiger partial charge is 0.291 e. The highest BCUT2D eigenvalue weighted by Gasteiger charge is 2.20. The minimum Gasteiger partial charge on any atom is -0.459 e. The summed E-state index contributed by atoms with van der Waals surface area (Å²) in [6, 6.07) is 17.3. The molecule has 152 valence electrons. The van der Waals surface area contributed by atoms with Crippen molar-refractivity contribution < 1.29 is 18.8 Å². The Morgan fingerprint density at radius 2 is 1.67 bits per heavy atom. The average Bonchev–Trinajstić information content (AvgIpc) is 3.41. The van der Waals surface area contributed by atoms with Gasteiger partial charge in [0.05, 0.1) is 6.26 Å². The molecule has 1 aromatic heterocycles. The molecule has 0 aliphatic carbocycles. The Hall–Kier alpha value is -3.87. The molecule has 0 atom stereocenters. The van der Waals surface area contributed by atoms with Gasteiger partial charge in [-0.15, -0.1) is 0 Å². The van der Waals surface area contributed by atoms with Crippen LogP contribution in [0.5, 0.6) is 0 Å². The highest BCUT2D eigenvalue weighted by Crippen LogP contribution is 2.18. The first-order valence-electron chi connectivity index (χ1n) is 9.71. The van der Waals surface area contributed by atoms with E-state index < -0.39 is 0 Å². The number of carbonyl (C=O) groups is 3. The SMILES string of the molecule is O=C(Nc1cccc(NC(=O)c2ccco2)c1)c1ccc(CN2CCCC2=O)cc1. The normalized spacial score (nSPS) is 13.3. The summed E-state index contributed by atoms with van der Waals surface area (Å²) in [6.45, 7) is 1.35. The predicted molar refractivity (Wildman–Crippen MR) is 112 cm³/mol. The molecule has 7 heteroatoms. The van der Waals surface area contributed by atoms with Crippen LogP contribution in [-0.4, -0.2) is 29.2 Å². The number of rotatable bonds is 6. The monoisotopic (exact) mass is 403 g/mol. The van der Waals surface area contributed by atoms with Crippen molar-refractivity contribution in [3.05, 3.63) is 83.8 Å². The number of carbonyl (C=O) groups excluding carboxylic acids is 3. The first-order valence-corrected chi connectivity index (χ1v) is 9.71. The Labute approximate surface area is 173 Å². The molecule has 1 saturated heterocycles. The topological polar surface area (TPSA) is 91.7 Å². The van der Waals surface area contributed by atoms with Crippen molar-refractivity contribution in [1.82, 2.24) is 4.90 Å². The molecule has 0 unspecified atom stereocenters.